The van der Waals surface area contributed by atoms with E-state index < -0.39 is 28.7 Å². The number of aryl methyl sites for hydroxylation is 1. The average Bonchev–Trinajstić information content (AvgIpc) is 3.06. The summed E-state index contributed by atoms with van der Waals surface area (Å²) in [6.07, 6.45) is -2.26. The van der Waals surface area contributed by atoms with Gasteiger partial charge in [0.15, 0.2) is 17.2 Å². The van der Waals surface area contributed by atoms with E-state index in [0.29, 0.717) is 29.6 Å². The van der Waals surface area contributed by atoms with Crippen molar-refractivity contribution in [3.63, 3.8) is 0 Å². The van der Waals surface area contributed by atoms with Crippen molar-refractivity contribution in [3.8, 4) is 6.07 Å². The lowest BCUT2D eigenvalue weighted by Gasteiger charge is -2.29. The minimum absolute atomic E-state index is 0.000591. The molecule has 1 saturated heterocycles. The Bertz CT molecular complexity index is 1460. The van der Waals surface area contributed by atoms with Crippen LogP contribution in [0.15, 0.2) is 53.0 Å². The van der Waals surface area contributed by atoms with Gasteiger partial charge in [0.05, 0.1) is 40.9 Å². The van der Waals surface area contributed by atoms with E-state index in [0.717, 1.165) is 17.0 Å². The quantitative estimate of drug-likeness (QED) is 0.227. The number of hydrogen-bond donors (Lipinski definition) is 1. The molecule has 1 aliphatic rings. The molecular formula is C26H26F3N5O4S. The number of ether oxygens (including phenoxy) is 1. The van der Waals surface area contributed by atoms with E-state index in [4.69, 9.17) is 27.3 Å². The molecule has 3 rings (SSSR count). The first-order valence-corrected chi connectivity index (χ1v) is 12.2. The van der Waals surface area contributed by atoms with Gasteiger partial charge in [-0.15, -0.1) is 0 Å². The summed E-state index contributed by atoms with van der Waals surface area (Å²) < 4.78 is 47.6. The number of aliphatic hydroxyl groups excluding tert-OH is 1. The Morgan fingerprint density at radius 2 is 1.92 bits per heavy atom. The molecule has 0 aliphatic carbocycles. The monoisotopic (exact) mass is 561 g/mol. The summed E-state index contributed by atoms with van der Waals surface area (Å²) in [4.78, 5) is 31.9. The summed E-state index contributed by atoms with van der Waals surface area (Å²) in [5.74, 6) is -0.547. The van der Waals surface area contributed by atoms with E-state index in [-0.39, 0.29) is 29.8 Å². The molecule has 0 atom stereocenters. The molecular weight excluding hydrogens is 535 g/mol. The van der Waals surface area contributed by atoms with Crippen molar-refractivity contribution in [3.05, 3.63) is 64.6 Å². The third kappa shape index (κ3) is 5.71. The Hall–Kier alpha value is -4.02. The molecule has 0 saturated carbocycles. The maximum atomic E-state index is 13.6. The predicted molar refractivity (Wildman–Crippen MR) is 140 cm³/mol. The Morgan fingerprint density at radius 3 is 2.46 bits per heavy atom. The first-order chi connectivity index (χ1) is 18.3. The van der Waals surface area contributed by atoms with Crippen LogP contribution in [0.1, 0.15) is 38.3 Å². The van der Waals surface area contributed by atoms with Crippen LogP contribution in [0.3, 0.4) is 0 Å². The van der Waals surface area contributed by atoms with E-state index in [1.807, 2.05) is 0 Å². The lowest BCUT2D eigenvalue weighted by molar-refractivity contribution is -0.137. The molecule has 0 unspecified atom stereocenters. The molecule has 39 heavy (non-hydrogen) atoms. The number of rotatable bonds is 8. The van der Waals surface area contributed by atoms with Crippen molar-refractivity contribution in [2.24, 2.45) is 12.0 Å². The summed E-state index contributed by atoms with van der Waals surface area (Å²) in [5, 5.41) is 18.0. The number of alkyl halides is 3. The molecule has 1 aliphatic heterocycles. The van der Waals surface area contributed by atoms with Crippen LogP contribution < -0.4 is 15.3 Å². The fourth-order valence-corrected chi connectivity index (χ4v) is 4.60. The number of pyridine rings is 1. The number of nitriles is 1. The highest BCUT2D eigenvalue weighted by atomic mass is 32.1. The van der Waals surface area contributed by atoms with Gasteiger partial charge in [-0.05, 0) is 62.8 Å². The fraction of sp³-hybridized carbons (Fsp3) is 0.346. The van der Waals surface area contributed by atoms with Crippen molar-refractivity contribution >= 4 is 40.9 Å². The first-order valence-electron chi connectivity index (χ1n) is 11.7. The van der Waals surface area contributed by atoms with Crippen LogP contribution in [0.25, 0.3) is 0 Å². The normalized spacial score (nSPS) is 16.3. The minimum atomic E-state index is -4.80. The van der Waals surface area contributed by atoms with Crippen LogP contribution in [-0.2, 0) is 27.5 Å². The van der Waals surface area contributed by atoms with Crippen LogP contribution in [0.4, 0.5) is 24.5 Å². The number of allylic oxidation sites excluding steroid dienone is 2. The second-order valence-electron chi connectivity index (χ2n) is 8.98. The molecule has 1 aromatic carbocycles. The number of aromatic nitrogens is 1. The van der Waals surface area contributed by atoms with Crippen LogP contribution in [0.2, 0.25) is 0 Å². The molecule has 2 heterocycles. The molecule has 0 radical (unpaired) electrons. The van der Waals surface area contributed by atoms with Gasteiger partial charge in [0.2, 0.25) is 0 Å². The average molecular weight is 562 g/mol. The molecule has 0 bridgehead atoms. The van der Waals surface area contributed by atoms with Gasteiger partial charge in [-0.2, -0.15) is 18.4 Å². The van der Waals surface area contributed by atoms with Gasteiger partial charge < -0.3 is 19.3 Å². The van der Waals surface area contributed by atoms with Gasteiger partial charge in [0.25, 0.3) is 5.91 Å². The number of benzene rings is 1. The highest BCUT2D eigenvalue weighted by molar-refractivity contribution is 7.81. The molecule has 0 spiro atoms. The number of aldehydes is 1. The molecule has 2 aromatic rings. The number of hydrogen-bond acceptors (Lipinski definition) is 7. The zero-order chi connectivity index (χ0) is 29.1. The maximum absolute atomic E-state index is 13.6. The molecule has 13 heteroatoms. The topological polar surface area (TPSA) is 111 Å². The minimum Gasteiger partial charge on any atom is -0.486 e. The third-order valence-corrected chi connectivity index (χ3v) is 6.39. The summed E-state index contributed by atoms with van der Waals surface area (Å²) in [6.45, 7) is 4.66. The van der Waals surface area contributed by atoms with Crippen LogP contribution in [0.5, 0.6) is 0 Å². The van der Waals surface area contributed by atoms with Gasteiger partial charge in [-0.25, -0.2) is 4.99 Å². The number of halogens is 3. The van der Waals surface area contributed by atoms with Crippen molar-refractivity contribution in [2.75, 3.05) is 23.0 Å². The molecule has 206 valence electrons. The number of aliphatic hydroxyl groups is 1. The zero-order valence-electron chi connectivity index (χ0n) is 21.6. The second kappa shape index (κ2) is 11.4. The van der Waals surface area contributed by atoms with Gasteiger partial charge in [-0.1, -0.05) is 6.92 Å². The van der Waals surface area contributed by atoms with Crippen molar-refractivity contribution < 1.29 is 32.6 Å². The number of anilines is 2. The molecule has 1 fully saturated rings. The van der Waals surface area contributed by atoms with Gasteiger partial charge in [0.1, 0.15) is 17.6 Å². The number of carbonyl (C=O) groups excluding carboxylic acids is 2. The summed E-state index contributed by atoms with van der Waals surface area (Å²) in [6, 6.07) is 7.81. The number of nitrogens with zero attached hydrogens (tertiary/aromatic N) is 5. The van der Waals surface area contributed by atoms with E-state index in [2.05, 4.69) is 4.99 Å². The van der Waals surface area contributed by atoms with Gasteiger partial charge in [-0.3, -0.25) is 14.5 Å². The standard InChI is InChI=1S/C26H26F3N5O4S/c1-5-20(21(15-36)38-11-10-35)31-22-9-8-18(14-32(22)4)34-24(39)33(23(37)25(34,2)3)17-7-6-16(13-30)19(12-17)26(27,28)29/h6-9,12,14-15,35H,5,10-11H2,1-4H3/b21-20+,31-22?. The number of carbonyl (C=O) groups is 2. The maximum Gasteiger partial charge on any atom is 0.417 e. The zero-order valence-corrected chi connectivity index (χ0v) is 22.4. The summed E-state index contributed by atoms with van der Waals surface area (Å²) in [7, 11) is 1.69. The Morgan fingerprint density at radius 1 is 1.26 bits per heavy atom. The summed E-state index contributed by atoms with van der Waals surface area (Å²) >= 11 is 5.57. The van der Waals surface area contributed by atoms with Crippen molar-refractivity contribution in [1.82, 2.24) is 4.57 Å². The predicted octanol–water partition coefficient (Wildman–Crippen LogP) is 3.56. The number of thiocarbonyl (C=S) groups is 1. The lowest BCUT2D eigenvalue weighted by Crippen LogP contribution is -2.44. The molecule has 1 N–H and O–H groups in total. The second-order valence-corrected chi connectivity index (χ2v) is 9.34. The lowest BCUT2D eigenvalue weighted by atomic mass is 10.0. The van der Waals surface area contributed by atoms with Crippen LogP contribution >= 0.6 is 12.2 Å². The SMILES string of the molecule is CC/C(N=c1ccc(N2C(=S)N(c3ccc(C#N)c(C(F)(F)F)c3)C(=O)C2(C)C)cn1C)=C(/C=O)OCCO. The third-order valence-electron chi connectivity index (χ3n) is 6.03. The van der Waals surface area contributed by atoms with E-state index >= 15 is 0 Å². The highest BCUT2D eigenvalue weighted by Gasteiger charge is 2.50. The van der Waals surface area contributed by atoms with Gasteiger partial charge >= 0.3 is 6.18 Å². The molecule has 1 aromatic heterocycles. The van der Waals surface area contributed by atoms with Crippen LogP contribution in [-0.4, -0.2) is 45.7 Å². The van der Waals surface area contributed by atoms with Crippen LogP contribution in [0, 0.1) is 11.3 Å². The Kier molecular flexibility index (Phi) is 8.62. The smallest absolute Gasteiger partial charge is 0.417 e. The van der Waals surface area contributed by atoms with E-state index in [1.165, 1.54) is 17.0 Å². The Labute approximate surface area is 228 Å². The van der Waals surface area contributed by atoms with E-state index in [1.54, 1.807) is 50.7 Å². The molecule has 9 nitrogen and oxygen atoms in total. The van der Waals surface area contributed by atoms with E-state index in [9.17, 15) is 22.8 Å². The fourth-order valence-electron chi connectivity index (χ4n) is 4.08. The largest absolute Gasteiger partial charge is 0.486 e. The van der Waals surface area contributed by atoms with Crippen molar-refractivity contribution in [2.45, 2.75) is 38.9 Å². The van der Waals surface area contributed by atoms with Gasteiger partial charge in [0, 0.05) is 13.2 Å². The number of amides is 1. The summed E-state index contributed by atoms with van der Waals surface area (Å²) in [5.41, 5.74) is -1.81. The first kappa shape index (κ1) is 29.5. The highest BCUT2D eigenvalue weighted by Crippen LogP contribution is 2.39. The Balaban J connectivity index is 2.07. The van der Waals surface area contributed by atoms with Crippen molar-refractivity contribution in [1.29, 1.82) is 5.26 Å². The molecule has 1 amide bonds.